The van der Waals surface area contributed by atoms with Gasteiger partial charge in [0.2, 0.25) is 0 Å². The Morgan fingerprint density at radius 1 is 1.56 bits per heavy atom. The van der Waals surface area contributed by atoms with Crippen molar-refractivity contribution in [1.82, 2.24) is 0 Å². The van der Waals surface area contributed by atoms with Gasteiger partial charge in [0.05, 0.1) is 13.2 Å². The second-order valence-electron chi connectivity index (χ2n) is 3.69. The van der Waals surface area contributed by atoms with Crippen molar-refractivity contribution in [2.75, 3.05) is 13.2 Å². The molecule has 1 N–H and O–H groups in total. The van der Waals surface area contributed by atoms with E-state index in [1.807, 2.05) is 0 Å². The Kier molecular flexibility index (Phi) is 1.33. The summed E-state index contributed by atoms with van der Waals surface area (Å²) in [7, 11) is 0. The Balaban J connectivity index is 2.60. The summed E-state index contributed by atoms with van der Waals surface area (Å²) in [5.41, 5.74) is -0.130. The quantitative estimate of drug-likeness (QED) is 0.532. The van der Waals surface area contributed by atoms with Gasteiger partial charge in [-0.05, 0) is 5.41 Å². The highest BCUT2D eigenvalue weighted by Crippen LogP contribution is 2.43. The lowest BCUT2D eigenvalue weighted by Gasteiger charge is -2.24. The van der Waals surface area contributed by atoms with Crippen molar-refractivity contribution >= 4 is 0 Å². The molecule has 0 aliphatic carbocycles. The van der Waals surface area contributed by atoms with Crippen molar-refractivity contribution in [3.05, 3.63) is 0 Å². The average Bonchev–Trinajstić information content (AvgIpc) is 2.40. The molecule has 9 heavy (non-hydrogen) atoms. The van der Waals surface area contributed by atoms with Gasteiger partial charge in [0.1, 0.15) is 5.60 Å². The summed E-state index contributed by atoms with van der Waals surface area (Å²) in [4.78, 5) is 0. The molecule has 0 aromatic carbocycles. The molecule has 0 saturated carbocycles. The topological polar surface area (TPSA) is 32.8 Å². The van der Waals surface area contributed by atoms with Gasteiger partial charge in [-0.3, -0.25) is 0 Å². The van der Waals surface area contributed by atoms with Crippen LogP contribution in [0.3, 0.4) is 0 Å². The third-order valence-corrected chi connectivity index (χ3v) is 2.12. The number of aliphatic hydroxyl groups excluding tert-OH is 1. The number of rotatable bonds is 1. The van der Waals surface area contributed by atoms with Gasteiger partial charge in [0, 0.05) is 0 Å². The van der Waals surface area contributed by atoms with Crippen LogP contribution in [0.15, 0.2) is 0 Å². The Labute approximate surface area is 55.8 Å². The normalized spacial score (nSPS) is 34.7. The van der Waals surface area contributed by atoms with E-state index in [4.69, 9.17) is 9.84 Å². The lowest BCUT2D eigenvalue weighted by Crippen LogP contribution is -2.33. The smallest absolute Gasteiger partial charge is 0.119 e. The molecule has 0 amide bonds. The van der Waals surface area contributed by atoms with Crippen molar-refractivity contribution in [3.63, 3.8) is 0 Å². The summed E-state index contributed by atoms with van der Waals surface area (Å²) in [6.45, 7) is 7.10. The largest absolute Gasteiger partial charge is 0.393 e. The zero-order chi connectivity index (χ0) is 7.12. The summed E-state index contributed by atoms with van der Waals surface area (Å²) >= 11 is 0. The van der Waals surface area contributed by atoms with E-state index in [9.17, 15) is 0 Å². The molecule has 2 heteroatoms. The van der Waals surface area contributed by atoms with E-state index in [1.165, 1.54) is 0 Å². The van der Waals surface area contributed by atoms with Crippen molar-refractivity contribution in [2.24, 2.45) is 5.41 Å². The first-order valence-electron chi connectivity index (χ1n) is 3.27. The van der Waals surface area contributed by atoms with E-state index >= 15 is 0 Å². The first-order valence-corrected chi connectivity index (χ1v) is 3.27. The van der Waals surface area contributed by atoms with Gasteiger partial charge in [-0.25, -0.2) is 0 Å². The maximum absolute atomic E-state index is 8.87. The van der Waals surface area contributed by atoms with E-state index in [-0.39, 0.29) is 17.6 Å². The van der Waals surface area contributed by atoms with E-state index in [0.717, 1.165) is 0 Å². The van der Waals surface area contributed by atoms with E-state index in [1.54, 1.807) is 0 Å². The van der Waals surface area contributed by atoms with E-state index in [2.05, 4.69) is 20.8 Å². The third kappa shape index (κ3) is 0.970. The molecule has 0 radical (unpaired) electrons. The van der Waals surface area contributed by atoms with Crippen LogP contribution in [0.4, 0.5) is 0 Å². The van der Waals surface area contributed by atoms with Gasteiger partial charge in [-0.15, -0.1) is 0 Å². The van der Waals surface area contributed by atoms with Gasteiger partial charge in [-0.1, -0.05) is 20.8 Å². The van der Waals surface area contributed by atoms with E-state index in [0.29, 0.717) is 6.61 Å². The zero-order valence-electron chi connectivity index (χ0n) is 6.27. The molecule has 1 fully saturated rings. The first-order chi connectivity index (χ1) is 4.02. The molecule has 1 saturated heterocycles. The molecule has 54 valence electrons. The van der Waals surface area contributed by atoms with Crippen LogP contribution in [-0.4, -0.2) is 23.9 Å². The predicted octanol–water partition coefficient (Wildman–Crippen LogP) is 0.794. The SMILES string of the molecule is CC(C)(C)C1(CO)CO1. The Bertz CT molecular complexity index is 109. The number of epoxide rings is 1. The van der Waals surface area contributed by atoms with Gasteiger partial charge in [-0.2, -0.15) is 0 Å². The summed E-state index contributed by atoms with van der Waals surface area (Å²) in [6.07, 6.45) is 0. The van der Waals surface area contributed by atoms with Crippen LogP contribution in [-0.2, 0) is 4.74 Å². The molecular weight excluding hydrogens is 116 g/mol. The van der Waals surface area contributed by atoms with Crippen LogP contribution in [0.5, 0.6) is 0 Å². The molecule has 1 aliphatic heterocycles. The second kappa shape index (κ2) is 1.70. The minimum absolute atomic E-state index is 0.0851. The number of aliphatic hydroxyl groups is 1. The minimum atomic E-state index is -0.215. The van der Waals surface area contributed by atoms with Gasteiger partial charge < -0.3 is 9.84 Å². The van der Waals surface area contributed by atoms with Gasteiger partial charge in [0.15, 0.2) is 0 Å². The standard InChI is InChI=1S/C7H14O2/c1-6(2,3)7(4-8)5-9-7/h8H,4-5H2,1-3H3. The van der Waals surface area contributed by atoms with Crippen LogP contribution < -0.4 is 0 Å². The predicted molar refractivity (Wildman–Crippen MR) is 35.2 cm³/mol. The molecule has 0 aromatic rings. The Morgan fingerprint density at radius 2 is 2.00 bits per heavy atom. The Hall–Kier alpha value is -0.0800. The molecule has 1 atom stereocenters. The maximum Gasteiger partial charge on any atom is 0.119 e. The number of hydrogen-bond acceptors (Lipinski definition) is 2. The highest BCUT2D eigenvalue weighted by atomic mass is 16.6. The summed E-state index contributed by atoms with van der Waals surface area (Å²) in [5, 5.41) is 8.87. The minimum Gasteiger partial charge on any atom is -0.393 e. The van der Waals surface area contributed by atoms with Crippen LogP contribution >= 0.6 is 0 Å². The molecule has 0 spiro atoms. The summed E-state index contributed by atoms with van der Waals surface area (Å²) in [6, 6.07) is 0. The summed E-state index contributed by atoms with van der Waals surface area (Å²) < 4.78 is 5.16. The lowest BCUT2D eigenvalue weighted by molar-refractivity contribution is 0.0822. The van der Waals surface area contributed by atoms with Crippen molar-refractivity contribution in [1.29, 1.82) is 0 Å². The highest BCUT2D eigenvalue weighted by Gasteiger charge is 2.53. The zero-order valence-corrected chi connectivity index (χ0v) is 6.27. The lowest BCUT2D eigenvalue weighted by atomic mass is 9.81. The van der Waals surface area contributed by atoms with Crippen LogP contribution in [0.1, 0.15) is 20.8 Å². The maximum atomic E-state index is 8.87. The first kappa shape index (κ1) is 7.03. The molecular formula is C7H14O2. The number of hydrogen-bond donors (Lipinski definition) is 1. The fourth-order valence-electron chi connectivity index (χ4n) is 0.849. The van der Waals surface area contributed by atoms with Crippen LogP contribution in [0.2, 0.25) is 0 Å². The molecule has 0 aromatic heterocycles. The summed E-state index contributed by atoms with van der Waals surface area (Å²) in [5.74, 6) is 0. The van der Waals surface area contributed by atoms with Crippen molar-refractivity contribution < 1.29 is 9.84 Å². The Morgan fingerprint density at radius 3 is 2.00 bits per heavy atom. The average molecular weight is 130 g/mol. The molecule has 1 aliphatic rings. The fourth-order valence-corrected chi connectivity index (χ4v) is 0.849. The molecule has 1 heterocycles. The third-order valence-electron chi connectivity index (χ3n) is 2.12. The number of ether oxygens (including phenoxy) is 1. The second-order valence-corrected chi connectivity index (χ2v) is 3.69. The highest BCUT2D eigenvalue weighted by molar-refractivity contribution is 5.01. The molecule has 1 unspecified atom stereocenters. The van der Waals surface area contributed by atoms with Crippen LogP contribution in [0.25, 0.3) is 0 Å². The van der Waals surface area contributed by atoms with Crippen molar-refractivity contribution in [3.8, 4) is 0 Å². The molecule has 2 nitrogen and oxygen atoms in total. The van der Waals surface area contributed by atoms with Crippen molar-refractivity contribution in [2.45, 2.75) is 26.4 Å². The molecule has 1 rings (SSSR count). The van der Waals surface area contributed by atoms with Crippen LogP contribution in [0, 0.1) is 5.41 Å². The van der Waals surface area contributed by atoms with Gasteiger partial charge >= 0.3 is 0 Å². The molecule has 0 bridgehead atoms. The monoisotopic (exact) mass is 130 g/mol. The van der Waals surface area contributed by atoms with Gasteiger partial charge in [0.25, 0.3) is 0 Å². The van der Waals surface area contributed by atoms with E-state index < -0.39 is 0 Å². The fraction of sp³-hybridized carbons (Fsp3) is 1.00.